The first-order valence-corrected chi connectivity index (χ1v) is 15.2. The predicted molar refractivity (Wildman–Crippen MR) is 159 cm³/mol. The summed E-state index contributed by atoms with van der Waals surface area (Å²) in [6, 6.07) is 18.3. The Labute approximate surface area is 233 Å². The number of nitrogens with zero attached hydrogens (tertiary/aromatic N) is 1. The number of carbonyl (C=O) groups is 1. The molecule has 2 aromatic carbocycles. The lowest BCUT2D eigenvalue weighted by Gasteiger charge is -2.36. The zero-order valence-electron chi connectivity index (χ0n) is 24.8. The number of benzene rings is 2. The average Bonchev–Trinajstić information content (AvgIpc) is 2.90. The number of likely N-dealkylation sites (N-methyl/N-ethyl adjacent to an activating group) is 1. The summed E-state index contributed by atoms with van der Waals surface area (Å²) in [4.78, 5) is 12.8. The van der Waals surface area contributed by atoms with E-state index in [0.717, 1.165) is 18.7 Å². The molecule has 1 atom stereocenters. The molecule has 0 N–H and O–H groups in total. The van der Waals surface area contributed by atoms with E-state index < -0.39 is 0 Å². The number of unbranched alkanes of at least 4 members (excludes halogenated alkanes) is 11. The van der Waals surface area contributed by atoms with Crippen molar-refractivity contribution in [1.29, 1.82) is 0 Å². The number of hydrogen-bond acceptors (Lipinski definition) is 3. The van der Waals surface area contributed by atoms with Crippen molar-refractivity contribution >= 4 is 5.97 Å². The number of rotatable bonds is 21. The fourth-order valence-electron chi connectivity index (χ4n) is 5.28. The number of quaternary nitrogens is 1. The lowest BCUT2D eigenvalue weighted by atomic mass is 10.0. The van der Waals surface area contributed by atoms with Crippen LogP contribution in [-0.2, 0) is 22.5 Å². The Hall–Kier alpha value is -2.33. The van der Waals surface area contributed by atoms with Gasteiger partial charge in [-0.25, -0.2) is 4.79 Å². The number of hydrogen-bond donors (Lipinski definition) is 0. The van der Waals surface area contributed by atoms with Gasteiger partial charge in [-0.1, -0.05) is 127 Å². The van der Waals surface area contributed by atoms with Gasteiger partial charge in [0.2, 0.25) is 6.79 Å². The Kier molecular flexibility index (Phi) is 15.8. The quantitative estimate of drug-likeness (QED) is 0.0708. The summed E-state index contributed by atoms with van der Waals surface area (Å²) in [6.45, 7) is 5.03. The van der Waals surface area contributed by atoms with Crippen molar-refractivity contribution in [3.63, 3.8) is 0 Å². The molecule has 0 spiro atoms. The van der Waals surface area contributed by atoms with Gasteiger partial charge >= 0.3 is 5.97 Å². The van der Waals surface area contributed by atoms with Crippen LogP contribution in [0, 0.1) is 0 Å². The zero-order valence-corrected chi connectivity index (χ0v) is 24.8. The molecule has 0 aromatic heterocycles. The van der Waals surface area contributed by atoms with Gasteiger partial charge in [0, 0.05) is 12.0 Å². The summed E-state index contributed by atoms with van der Waals surface area (Å²) in [7, 11) is 4.16. The number of carbonyl (C=O) groups excluding carboxylic acids is 1. The highest BCUT2D eigenvalue weighted by Crippen LogP contribution is 2.19. The third kappa shape index (κ3) is 13.0. The Morgan fingerprint density at radius 2 is 1.26 bits per heavy atom. The summed E-state index contributed by atoms with van der Waals surface area (Å²) in [5.74, 6) is 0.527. The van der Waals surface area contributed by atoms with Crippen LogP contribution in [0.15, 0.2) is 54.6 Å². The molecule has 212 valence electrons. The topological polar surface area (TPSA) is 35.5 Å². The molecular weight excluding hydrogens is 470 g/mol. The fourth-order valence-corrected chi connectivity index (χ4v) is 5.28. The molecule has 0 aliphatic heterocycles. The summed E-state index contributed by atoms with van der Waals surface area (Å²) in [5.41, 5.74) is 2.55. The van der Waals surface area contributed by atoms with Crippen molar-refractivity contribution in [2.45, 2.75) is 116 Å². The minimum Gasteiger partial charge on any atom is -0.457 e. The molecule has 4 nitrogen and oxygen atoms in total. The SMILES string of the molecule is CCCCCCCCCCCCCCc1ccc(OCOC(=O)C(CC)[N+](C)(C)Cc2ccccc2)cc1. The maximum atomic E-state index is 12.8. The summed E-state index contributed by atoms with van der Waals surface area (Å²) < 4.78 is 11.8. The molecule has 38 heavy (non-hydrogen) atoms. The van der Waals surface area contributed by atoms with Gasteiger partial charge in [-0.3, -0.25) is 0 Å². The number of ether oxygens (including phenoxy) is 2. The Balaban J connectivity index is 1.58. The van der Waals surface area contributed by atoms with Crippen LogP contribution in [0.3, 0.4) is 0 Å². The van der Waals surface area contributed by atoms with Crippen molar-refractivity contribution in [2.75, 3.05) is 20.9 Å². The Bertz CT molecular complexity index is 863. The van der Waals surface area contributed by atoms with E-state index in [1.165, 1.54) is 88.2 Å². The standard InChI is InChI=1S/C34H54NO3/c1-5-7-8-9-10-11-12-13-14-15-16-18-21-30-24-26-32(27-25-30)37-29-38-34(36)33(6-2)35(3,4)28-31-22-19-17-20-23-31/h17,19-20,22-27,33H,5-16,18,21,28-29H2,1-4H3/q+1. The molecule has 1 unspecified atom stereocenters. The first kappa shape index (κ1) is 31.9. The van der Waals surface area contributed by atoms with Gasteiger partial charge in [-0.2, -0.15) is 0 Å². The lowest BCUT2D eigenvalue weighted by Crippen LogP contribution is -2.52. The molecule has 0 heterocycles. The van der Waals surface area contributed by atoms with Gasteiger partial charge in [-0.05, 0) is 30.5 Å². The highest BCUT2D eigenvalue weighted by Gasteiger charge is 2.35. The van der Waals surface area contributed by atoms with Gasteiger partial charge < -0.3 is 14.0 Å². The number of esters is 1. The van der Waals surface area contributed by atoms with Crippen molar-refractivity contribution < 1.29 is 18.8 Å². The van der Waals surface area contributed by atoms with Crippen LogP contribution >= 0.6 is 0 Å². The molecule has 0 fully saturated rings. The minimum absolute atomic E-state index is 0.0568. The van der Waals surface area contributed by atoms with Gasteiger partial charge in [0.25, 0.3) is 0 Å². The Morgan fingerprint density at radius 3 is 1.82 bits per heavy atom. The van der Waals surface area contributed by atoms with E-state index in [2.05, 4.69) is 45.3 Å². The second-order valence-corrected chi connectivity index (χ2v) is 11.4. The maximum Gasteiger partial charge on any atom is 0.367 e. The molecule has 0 aliphatic rings. The summed E-state index contributed by atoms with van der Waals surface area (Å²) in [6.07, 6.45) is 18.3. The van der Waals surface area contributed by atoms with E-state index >= 15 is 0 Å². The molecule has 0 saturated heterocycles. The smallest absolute Gasteiger partial charge is 0.367 e. The second-order valence-electron chi connectivity index (χ2n) is 11.4. The highest BCUT2D eigenvalue weighted by molar-refractivity contribution is 5.74. The van der Waals surface area contributed by atoms with Gasteiger partial charge in [0.1, 0.15) is 12.3 Å². The molecule has 0 aliphatic carbocycles. The molecule has 0 radical (unpaired) electrons. The molecule has 4 heteroatoms. The van der Waals surface area contributed by atoms with Crippen molar-refractivity contribution in [3.8, 4) is 5.75 Å². The van der Waals surface area contributed by atoms with E-state index in [9.17, 15) is 4.79 Å². The largest absolute Gasteiger partial charge is 0.457 e. The summed E-state index contributed by atoms with van der Waals surface area (Å²) >= 11 is 0. The summed E-state index contributed by atoms with van der Waals surface area (Å²) in [5, 5.41) is 0. The van der Waals surface area contributed by atoms with Gasteiger partial charge in [0.05, 0.1) is 14.1 Å². The third-order valence-electron chi connectivity index (χ3n) is 7.60. The fraction of sp³-hybridized carbons (Fsp3) is 0.618. The molecule has 2 aromatic rings. The van der Waals surface area contributed by atoms with Gasteiger partial charge in [0.15, 0.2) is 6.04 Å². The first-order valence-electron chi connectivity index (χ1n) is 15.2. The predicted octanol–water partition coefficient (Wildman–Crippen LogP) is 8.86. The molecule has 0 bridgehead atoms. The van der Waals surface area contributed by atoms with E-state index in [1.54, 1.807) is 0 Å². The molecular formula is C34H54NO3+. The van der Waals surface area contributed by atoms with Crippen LogP contribution < -0.4 is 4.74 Å². The average molecular weight is 525 g/mol. The molecule has 0 saturated carbocycles. The monoisotopic (exact) mass is 524 g/mol. The zero-order chi connectivity index (χ0) is 27.5. The van der Waals surface area contributed by atoms with Crippen LogP contribution in [0.25, 0.3) is 0 Å². The van der Waals surface area contributed by atoms with Crippen LogP contribution in [-0.4, -0.2) is 37.4 Å². The van der Waals surface area contributed by atoms with E-state index in [1.807, 2.05) is 37.3 Å². The van der Waals surface area contributed by atoms with Crippen molar-refractivity contribution in [2.24, 2.45) is 0 Å². The normalized spacial score (nSPS) is 12.3. The van der Waals surface area contributed by atoms with Crippen LogP contribution in [0.5, 0.6) is 5.75 Å². The third-order valence-corrected chi connectivity index (χ3v) is 7.60. The van der Waals surface area contributed by atoms with Crippen molar-refractivity contribution in [3.05, 3.63) is 65.7 Å². The Morgan fingerprint density at radius 1 is 0.711 bits per heavy atom. The first-order chi connectivity index (χ1) is 18.5. The molecule has 2 rings (SSSR count). The van der Waals surface area contributed by atoms with E-state index in [-0.39, 0.29) is 18.8 Å². The second kappa shape index (κ2) is 18.8. The van der Waals surface area contributed by atoms with Gasteiger partial charge in [-0.15, -0.1) is 0 Å². The van der Waals surface area contributed by atoms with Crippen LogP contribution in [0.4, 0.5) is 0 Å². The number of aryl methyl sites for hydroxylation is 1. The van der Waals surface area contributed by atoms with E-state index in [0.29, 0.717) is 10.9 Å². The molecule has 0 amide bonds. The van der Waals surface area contributed by atoms with Crippen LogP contribution in [0.2, 0.25) is 0 Å². The maximum absolute atomic E-state index is 12.8. The lowest BCUT2D eigenvalue weighted by molar-refractivity contribution is -0.919. The van der Waals surface area contributed by atoms with Crippen molar-refractivity contribution in [1.82, 2.24) is 0 Å². The van der Waals surface area contributed by atoms with E-state index in [4.69, 9.17) is 9.47 Å². The minimum atomic E-state index is -0.239. The highest BCUT2D eigenvalue weighted by atomic mass is 16.7. The van der Waals surface area contributed by atoms with Crippen LogP contribution in [0.1, 0.15) is 108 Å².